The van der Waals surface area contributed by atoms with Gasteiger partial charge in [-0.15, -0.1) is 0 Å². The Morgan fingerprint density at radius 3 is 2.83 bits per heavy atom. The van der Waals surface area contributed by atoms with Crippen LogP contribution < -0.4 is 10.9 Å². The number of likely N-dealkylation sites (tertiary alicyclic amines) is 1. The van der Waals surface area contributed by atoms with Gasteiger partial charge in [0.2, 0.25) is 0 Å². The van der Waals surface area contributed by atoms with Crippen LogP contribution in [0.3, 0.4) is 0 Å². The molecule has 2 fully saturated rings. The van der Waals surface area contributed by atoms with E-state index in [1.54, 1.807) is 0 Å². The fourth-order valence-corrected chi connectivity index (χ4v) is 3.29. The van der Waals surface area contributed by atoms with Gasteiger partial charge >= 0.3 is 0 Å². The average Bonchev–Trinajstić information content (AvgIpc) is 3.08. The lowest BCUT2D eigenvalue weighted by Crippen LogP contribution is -2.46. The first-order chi connectivity index (χ1) is 8.93. The van der Waals surface area contributed by atoms with E-state index in [1.807, 2.05) is 0 Å². The van der Waals surface area contributed by atoms with Crippen LogP contribution in [0.15, 0.2) is 30.3 Å². The van der Waals surface area contributed by atoms with E-state index in [0.717, 1.165) is 12.6 Å². The molecule has 0 aliphatic carbocycles. The van der Waals surface area contributed by atoms with Crippen LogP contribution >= 0.6 is 0 Å². The third-order valence-corrected chi connectivity index (χ3v) is 4.28. The Hall–Kier alpha value is -0.900. The van der Waals surface area contributed by atoms with Gasteiger partial charge in [0, 0.05) is 25.2 Å². The highest BCUT2D eigenvalue weighted by molar-refractivity contribution is 5.15. The fourth-order valence-electron chi connectivity index (χ4n) is 3.29. The quantitative estimate of drug-likeness (QED) is 0.843. The molecular formula is C15H23N3. The van der Waals surface area contributed by atoms with Gasteiger partial charge in [-0.1, -0.05) is 30.3 Å². The van der Waals surface area contributed by atoms with Crippen molar-refractivity contribution < 1.29 is 0 Å². The zero-order valence-corrected chi connectivity index (χ0v) is 10.9. The van der Waals surface area contributed by atoms with Crippen LogP contribution in [0.5, 0.6) is 0 Å². The third-order valence-electron chi connectivity index (χ3n) is 4.28. The predicted octanol–water partition coefficient (Wildman–Crippen LogP) is 1.56. The molecule has 2 atom stereocenters. The molecule has 3 nitrogen and oxygen atoms in total. The second kappa shape index (κ2) is 5.83. The van der Waals surface area contributed by atoms with E-state index in [2.05, 4.69) is 46.1 Å². The number of benzene rings is 1. The van der Waals surface area contributed by atoms with Crippen molar-refractivity contribution in [3.8, 4) is 0 Å². The summed E-state index contributed by atoms with van der Waals surface area (Å²) >= 11 is 0. The van der Waals surface area contributed by atoms with Crippen LogP contribution in [0.25, 0.3) is 0 Å². The third kappa shape index (κ3) is 2.74. The van der Waals surface area contributed by atoms with Crippen molar-refractivity contribution in [3.63, 3.8) is 0 Å². The number of nitrogens with zero attached hydrogens (tertiary/aromatic N) is 1. The van der Waals surface area contributed by atoms with Crippen LogP contribution in [0.4, 0.5) is 0 Å². The van der Waals surface area contributed by atoms with Crippen molar-refractivity contribution in [1.82, 2.24) is 15.8 Å². The SMILES string of the molecule is c1ccc(CCN2CCCC2C2CCNN2)cc1. The number of nitrogens with one attached hydrogen (secondary N) is 2. The first-order valence-electron chi connectivity index (χ1n) is 7.20. The highest BCUT2D eigenvalue weighted by Gasteiger charge is 2.32. The molecule has 0 radical (unpaired) electrons. The standard InChI is InChI=1S/C15H23N3/c1-2-5-13(6-3-1)9-12-18-11-4-7-15(18)14-8-10-16-17-14/h1-3,5-6,14-17H,4,7-12H2. The molecule has 2 N–H and O–H groups in total. The van der Waals surface area contributed by atoms with Gasteiger partial charge in [0.1, 0.15) is 0 Å². The second-order valence-electron chi connectivity index (χ2n) is 5.45. The summed E-state index contributed by atoms with van der Waals surface area (Å²) in [6, 6.07) is 12.2. The maximum Gasteiger partial charge on any atom is 0.0381 e. The Bertz CT molecular complexity index is 359. The molecule has 2 aliphatic heterocycles. The van der Waals surface area contributed by atoms with Crippen LogP contribution in [0.2, 0.25) is 0 Å². The van der Waals surface area contributed by atoms with E-state index in [0.29, 0.717) is 6.04 Å². The molecule has 98 valence electrons. The van der Waals surface area contributed by atoms with Gasteiger partial charge in [0.15, 0.2) is 0 Å². The van der Waals surface area contributed by atoms with Crippen molar-refractivity contribution in [2.45, 2.75) is 37.8 Å². The smallest absolute Gasteiger partial charge is 0.0381 e. The molecule has 0 saturated carbocycles. The largest absolute Gasteiger partial charge is 0.298 e. The van der Waals surface area contributed by atoms with Crippen LogP contribution in [0.1, 0.15) is 24.8 Å². The minimum Gasteiger partial charge on any atom is -0.298 e. The summed E-state index contributed by atoms with van der Waals surface area (Å²) < 4.78 is 0. The predicted molar refractivity (Wildman–Crippen MR) is 74.3 cm³/mol. The maximum atomic E-state index is 3.44. The summed E-state index contributed by atoms with van der Waals surface area (Å²) in [7, 11) is 0. The molecule has 3 rings (SSSR count). The molecule has 18 heavy (non-hydrogen) atoms. The van der Waals surface area contributed by atoms with E-state index in [9.17, 15) is 0 Å². The topological polar surface area (TPSA) is 27.3 Å². The maximum absolute atomic E-state index is 3.44. The van der Waals surface area contributed by atoms with Gasteiger partial charge in [-0.25, -0.2) is 0 Å². The Balaban J connectivity index is 1.55. The lowest BCUT2D eigenvalue weighted by molar-refractivity contribution is 0.213. The summed E-state index contributed by atoms with van der Waals surface area (Å²) in [6.07, 6.45) is 5.16. The summed E-state index contributed by atoms with van der Waals surface area (Å²) in [5, 5.41) is 0. The minimum atomic E-state index is 0.656. The molecule has 3 heteroatoms. The monoisotopic (exact) mass is 245 g/mol. The number of hydrogen-bond acceptors (Lipinski definition) is 3. The summed E-state index contributed by atoms with van der Waals surface area (Å²) in [4.78, 5) is 2.68. The zero-order chi connectivity index (χ0) is 12.2. The number of hydrazine groups is 1. The molecule has 0 spiro atoms. The average molecular weight is 245 g/mol. The molecule has 0 amide bonds. The molecule has 0 aromatic heterocycles. The minimum absolute atomic E-state index is 0.656. The Morgan fingerprint density at radius 2 is 2.06 bits per heavy atom. The van der Waals surface area contributed by atoms with E-state index in [4.69, 9.17) is 0 Å². The van der Waals surface area contributed by atoms with Gasteiger partial charge in [0.25, 0.3) is 0 Å². The van der Waals surface area contributed by atoms with Gasteiger partial charge in [-0.05, 0) is 37.8 Å². The normalized spacial score (nSPS) is 28.9. The Labute approximate surface area is 110 Å². The van der Waals surface area contributed by atoms with Gasteiger partial charge in [-0.2, -0.15) is 0 Å². The number of rotatable bonds is 4. The fraction of sp³-hybridized carbons (Fsp3) is 0.600. The lowest BCUT2D eigenvalue weighted by atomic mass is 10.0. The molecule has 1 aromatic carbocycles. The molecular weight excluding hydrogens is 222 g/mol. The molecule has 1 aromatic rings. The molecule has 2 aliphatic rings. The number of hydrogen-bond donors (Lipinski definition) is 2. The Kier molecular flexibility index (Phi) is 3.93. The van der Waals surface area contributed by atoms with E-state index in [-0.39, 0.29) is 0 Å². The van der Waals surface area contributed by atoms with Gasteiger partial charge < -0.3 is 0 Å². The van der Waals surface area contributed by atoms with E-state index in [1.165, 1.54) is 44.3 Å². The van der Waals surface area contributed by atoms with E-state index >= 15 is 0 Å². The lowest BCUT2D eigenvalue weighted by Gasteiger charge is -2.29. The zero-order valence-electron chi connectivity index (χ0n) is 10.9. The van der Waals surface area contributed by atoms with E-state index < -0.39 is 0 Å². The molecule has 0 bridgehead atoms. The van der Waals surface area contributed by atoms with Crippen molar-refractivity contribution >= 4 is 0 Å². The van der Waals surface area contributed by atoms with Crippen molar-refractivity contribution in [1.29, 1.82) is 0 Å². The Morgan fingerprint density at radius 1 is 1.17 bits per heavy atom. The highest BCUT2D eigenvalue weighted by atomic mass is 15.4. The van der Waals surface area contributed by atoms with Crippen LogP contribution in [-0.4, -0.2) is 36.6 Å². The molecule has 2 saturated heterocycles. The summed E-state index contributed by atoms with van der Waals surface area (Å²) in [5.74, 6) is 0. The highest BCUT2D eigenvalue weighted by Crippen LogP contribution is 2.23. The molecule has 2 heterocycles. The van der Waals surface area contributed by atoms with Crippen molar-refractivity contribution in [3.05, 3.63) is 35.9 Å². The first kappa shape index (κ1) is 12.2. The van der Waals surface area contributed by atoms with Crippen LogP contribution in [-0.2, 0) is 6.42 Å². The first-order valence-corrected chi connectivity index (χ1v) is 7.20. The molecule has 2 unspecified atom stereocenters. The summed E-state index contributed by atoms with van der Waals surface area (Å²) in [6.45, 7) is 3.59. The summed E-state index contributed by atoms with van der Waals surface area (Å²) in [5.41, 5.74) is 8.16. The van der Waals surface area contributed by atoms with Gasteiger partial charge in [-0.3, -0.25) is 15.8 Å². The van der Waals surface area contributed by atoms with Crippen molar-refractivity contribution in [2.75, 3.05) is 19.6 Å². The van der Waals surface area contributed by atoms with Crippen LogP contribution in [0, 0.1) is 0 Å². The van der Waals surface area contributed by atoms with Crippen molar-refractivity contribution in [2.24, 2.45) is 0 Å². The van der Waals surface area contributed by atoms with Gasteiger partial charge in [0.05, 0.1) is 0 Å². The second-order valence-corrected chi connectivity index (χ2v) is 5.45.